The highest BCUT2D eigenvalue weighted by Crippen LogP contribution is 2.19. The van der Waals surface area contributed by atoms with Crippen LogP contribution >= 0.6 is 0 Å². The van der Waals surface area contributed by atoms with Gasteiger partial charge in [-0.2, -0.15) is 0 Å². The molecule has 2 heteroatoms. The van der Waals surface area contributed by atoms with Crippen molar-refractivity contribution in [3.05, 3.63) is 65.7 Å². The van der Waals surface area contributed by atoms with Gasteiger partial charge in [0.2, 0.25) is 0 Å². The molecule has 0 aliphatic rings. The zero-order valence-electron chi connectivity index (χ0n) is 12.3. The minimum atomic E-state index is 0.209. The topological polar surface area (TPSA) is 21.3 Å². The summed E-state index contributed by atoms with van der Waals surface area (Å²) in [6.07, 6.45) is 1.26. The average molecular weight is 269 g/mol. The lowest BCUT2D eigenvalue weighted by molar-refractivity contribution is 0.239. The predicted octanol–water partition coefficient (Wildman–Crippen LogP) is 3.81. The van der Waals surface area contributed by atoms with Crippen LogP contribution in [-0.2, 0) is 13.0 Å². The molecule has 0 fully saturated rings. The first-order chi connectivity index (χ1) is 9.75. The Labute approximate surface area is 121 Å². The van der Waals surface area contributed by atoms with Crippen molar-refractivity contribution in [2.45, 2.75) is 32.9 Å². The fraction of sp³-hybridized carbons (Fsp3) is 0.333. The van der Waals surface area contributed by atoms with Gasteiger partial charge in [-0.15, -0.1) is 0 Å². The summed E-state index contributed by atoms with van der Waals surface area (Å²) in [6.45, 7) is 5.93. The van der Waals surface area contributed by atoms with Gasteiger partial charge in [-0.05, 0) is 38.4 Å². The molecule has 0 amide bonds. The summed E-state index contributed by atoms with van der Waals surface area (Å²) in [4.78, 5) is 0. The van der Waals surface area contributed by atoms with E-state index < -0.39 is 0 Å². The van der Waals surface area contributed by atoms with Gasteiger partial charge in [0.25, 0.3) is 0 Å². The van der Waals surface area contributed by atoms with Crippen molar-refractivity contribution in [1.82, 2.24) is 5.32 Å². The Kier molecular flexibility index (Phi) is 5.63. The molecule has 2 nitrogen and oxygen atoms in total. The third-order valence-corrected chi connectivity index (χ3v) is 3.08. The standard InChI is InChI=1S/C18H23NO/c1-15(2)20-18-11-7-6-10-17(18)14-19-13-12-16-8-4-3-5-9-16/h3-11,15,19H,12-14H2,1-2H3. The van der Waals surface area contributed by atoms with Gasteiger partial charge in [-0.1, -0.05) is 48.5 Å². The maximum Gasteiger partial charge on any atom is 0.124 e. The normalized spacial score (nSPS) is 10.8. The summed E-state index contributed by atoms with van der Waals surface area (Å²) in [7, 11) is 0. The average Bonchev–Trinajstić information content (AvgIpc) is 2.46. The zero-order chi connectivity index (χ0) is 14.2. The van der Waals surface area contributed by atoms with Crippen LogP contribution in [-0.4, -0.2) is 12.6 Å². The molecule has 2 aromatic rings. The van der Waals surface area contributed by atoms with Gasteiger partial charge in [0.15, 0.2) is 0 Å². The van der Waals surface area contributed by atoms with Crippen molar-refractivity contribution in [2.24, 2.45) is 0 Å². The lowest BCUT2D eigenvalue weighted by Gasteiger charge is -2.14. The third kappa shape index (κ3) is 4.71. The monoisotopic (exact) mass is 269 g/mol. The molecule has 2 aromatic carbocycles. The Hall–Kier alpha value is -1.80. The lowest BCUT2D eigenvalue weighted by Crippen LogP contribution is -2.18. The molecule has 0 atom stereocenters. The number of hydrogen-bond donors (Lipinski definition) is 1. The van der Waals surface area contributed by atoms with E-state index in [0.29, 0.717) is 0 Å². The molecule has 0 aromatic heterocycles. The third-order valence-electron chi connectivity index (χ3n) is 3.08. The molecule has 0 aliphatic heterocycles. The minimum absolute atomic E-state index is 0.209. The summed E-state index contributed by atoms with van der Waals surface area (Å²) >= 11 is 0. The van der Waals surface area contributed by atoms with Crippen LogP contribution in [0.2, 0.25) is 0 Å². The van der Waals surface area contributed by atoms with Gasteiger partial charge in [-0.25, -0.2) is 0 Å². The van der Waals surface area contributed by atoms with E-state index >= 15 is 0 Å². The molecule has 0 heterocycles. The molecular formula is C18H23NO. The van der Waals surface area contributed by atoms with E-state index in [4.69, 9.17) is 4.74 Å². The Balaban J connectivity index is 1.82. The van der Waals surface area contributed by atoms with Crippen molar-refractivity contribution in [2.75, 3.05) is 6.54 Å². The predicted molar refractivity (Wildman–Crippen MR) is 84.1 cm³/mol. The maximum absolute atomic E-state index is 5.82. The number of rotatable bonds is 7. The van der Waals surface area contributed by atoms with E-state index in [1.165, 1.54) is 11.1 Å². The zero-order valence-corrected chi connectivity index (χ0v) is 12.3. The van der Waals surface area contributed by atoms with E-state index in [2.05, 4.69) is 61.6 Å². The highest BCUT2D eigenvalue weighted by molar-refractivity contribution is 5.33. The summed E-state index contributed by atoms with van der Waals surface area (Å²) in [5, 5.41) is 3.48. The Morgan fingerprint density at radius 3 is 2.40 bits per heavy atom. The molecule has 0 saturated heterocycles. The van der Waals surface area contributed by atoms with Crippen molar-refractivity contribution in [1.29, 1.82) is 0 Å². The van der Waals surface area contributed by atoms with E-state index in [1.807, 2.05) is 12.1 Å². The molecule has 20 heavy (non-hydrogen) atoms. The second-order valence-electron chi connectivity index (χ2n) is 5.19. The molecule has 2 rings (SSSR count). The van der Waals surface area contributed by atoms with Crippen LogP contribution in [0.15, 0.2) is 54.6 Å². The minimum Gasteiger partial charge on any atom is -0.491 e. The van der Waals surface area contributed by atoms with E-state index in [9.17, 15) is 0 Å². The molecule has 0 unspecified atom stereocenters. The first-order valence-corrected chi connectivity index (χ1v) is 7.25. The highest BCUT2D eigenvalue weighted by Gasteiger charge is 2.04. The number of benzene rings is 2. The van der Waals surface area contributed by atoms with Gasteiger partial charge < -0.3 is 10.1 Å². The summed E-state index contributed by atoms with van der Waals surface area (Å²) in [5.41, 5.74) is 2.58. The van der Waals surface area contributed by atoms with Crippen LogP contribution in [0.3, 0.4) is 0 Å². The van der Waals surface area contributed by atoms with Crippen molar-refractivity contribution >= 4 is 0 Å². The van der Waals surface area contributed by atoms with Crippen LogP contribution in [0.1, 0.15) is 25.0 Å². The molecule has 106 valence electrons. The van der Waals surface area contributed by atoms with Crippen molar-refractivity contribution in [3.8, 4) is 5.75 Å². The largest absolute Gasteiger partial charge is 0.491 e. The number of hydrogen-bond acceptors (Lipinski definition) is 2. The lowest BCUT2D eigenvalue weighted by atomic mass is 10.1. The quantitative estimate of drug-likeness (QED) is 0.772. The molecular weight excluding hydrogens is 246 g/mol. The SMILES string of the molecule is CC(C)Oc1ccccc1CNCCc1ccccc1. The second kappa shape index (κ2) is 7.71. The summed E-state index contributed by atoms with van der Waals surface area (Å²) in [5.74, 6) is 0.981. The Morgan fingerprint density at radius 1 is 0.950 bits per heavy atom. The Bertz CT molecular complexity index is 508. The molecule has 0 spiro atoms. The van der Waals surface area contributed by atoms with Gasteiger partial charge in [-0.3, -0.25) is 0 Å². The van der Waals surface area contributed by atoms with Crippen molar-refractivity contribution < 1.29 is 4.74 Å². The first-order valence-electron chi connectivity index (χ1n) is 7.25. The van der Waals surface area contributed by atoms with Crippen LogP contribution in [0.25, 0.3) is 0 Å². The smallest absolute Gasteiger partial charge is 0.124 e. The fourth-order valence-corrected chi connectivity index (χ4v) is 2.12. The Morgan fingerprint density at radius 2 is 1.65 bits per heavy atom. The van der Waals surface area contributed by atoms with Crippen LogP contribution in [0.4, 0.5) is 0 Å². The maximum atomic E-state index is 5.82. The van der Waals surface area contributed by atoms with Gasteiger partial charge in [0.05, 0.1) is 6.10 Å². The van der Waals surface area contributed by atoms with Gasteiger partial charge >= 0.3 is 0 Å². The summed E-state index contributed by atoms with van der Waals surface area (Å²) in [6, 6.07) is 18.8. The molecule has 0 saturated carbocycles. The highest BCUT2D eigenvalue weighted by atomic mass is 16.5. The fourth-order valence-electron chi connectivity index (χ4n) is 2.12. The molecule has 0 radical (unpaired) electrons. The molecule has 0 aliphatic carbocycles. The van der Waals surface area contributed by atoms with E-state index in [1.54, 1.807) is 0 Å². The summed E-state index contributed by atoms with van der Waals surface area (Å²) < 4.78 is 5.82. The second-order valence-corrected chi connectivity index (χ2v) is 5.19. The number of para-hydroxylation sites is 1. The van der Waals surface area contributed by atoms with Gasteiger partial charge in [0.1, 0.15) is 5.75 Å². The van der Waals surface area contributed by atoms with E-state index in [0.717, 1.165) is 25.3 Å². The first kappa shape index (κ1) is 14.6. The molecule has 0 bridgehead atoms. The van der Waals surface area contributed by atoms with Crippen LogP contribution in [0.5, 0.6) is 5.75 Å². The van der Waals surface area contributed by atoms with Gasteiger partial charge in [0, 0.05) is 12.1 Å². The molecule has 1 N–H and O–H groups in total. The van der Waals surface area contributed by atoms with Crippen LogP contribution in [0, 0.1) is 0 Å². The van der Waals surface area contributed by atoms with Crippen molar-refractivity contribution in [3.63, 3.8) is 0 Å². The van der Waals surface area contributed by atoms with Crippen LogP contribution < -0.4 is 10.1 Å². The van der Waals surface area contributed by atoms with E-state index in [-0.39, 0.29) is 6.10 Å². The number of ether oxygens (including phenoxy) is 1. The number of nitrogens with one attached hydrogen (secondary N) is 1.